The van der Waals surface area contributed by atoms with Gasteiger partial charge in [0.05, 0.1) is 21.2 Å². The molecule has 1 N–H and O–H groups in total. The van der Waals surface area contributed by atoms with Crippen molar-refractivity contribution in [2.45, 2.75) is 43.7 Å². The summed E-state index contributed by atoms with van der Waals surface area (Å²) in [5.41, 5.74) is 2.13. The summed E-state index contributed by atoms with van der Waals surface area (Å²) in [6.45, 7) is 5.88. The number of nitrogens with one attached hydrogen (secondary N) is 1. The minimum Gasteiger partial charge on any atom is -0.487 e. The van der Waals surface area contributed by atoms with Crippen molar-refractivity contribution in [2.75, 3.05) is 0 Å². The van der Waals surface area contributed by atoms with Crippen molar-refractivity contribution in [2.24, 2.45) is 7.05 Å². The van der Waals surface area contributed by atoms with Gasteiger partial charge in [-0.1, -0.05) is 23.5 Å². The molecule has 6 nitrogen and oxygen atoms in total. The van der Waals surface area contributed by atoms with E-state index in [1.807, 2.05) is 39.0 Å². The molecule has 0 unspecified atom stereocenters. The van der Waals surface area contributed by atoms with Gasteiger partial charge in [-0.25, -0.2) is 13.1 Å². The Bertz CT molecular complexity index is 1240. The lowest BCUT2D eigenvalue weighted by atomic mass is 9.90. The lowest BCUT2D eigenvalue weighted by Crippen LogP contribution is -2.41. The predicted octanol–water partition coefficient (Wildman–Crippen LogP) is 3.49. The highest BCUT2D eigenvalue weighted by atomic mass is 32.2. The van der Waals surface area contributed by atoms with E-state index in [0.29, 0.717) is 16.9 Å². The number of rotatable bonds is 3. The third kappa shape index (κ3) is 3.36. The number of fused-ring (bicyclic) bond motifs is 2. The van der Waals surface area contributed by atoms with Crippen LogP contribution in [0.2, 0.25) is 0 Å². The number of ether oxygens (including phenoxy) is 1. The normalized spacial score (nSPS) is 18.6. The van der Waals surface area contributed by atoms with Crippen LogP contribution in [0.5, 0.6) is 5.75 Å². The molecule has 0 fully saturated rings. The predicted molar refractivity (Wildman–Crippen MR) is 111 cm³/mol. The van der Waals surface area contributed by atoms with Gasteiger partial charge in [0, 0.05) is 19.0 Å². The van der Waals surface area contributed by atoms with E-state index in [0.717, 1.165) is 28.0 Å². The highest BCUT2D eigenvalue weighted by Crippen LogP contribution is 2.40. The topological polar surface area (TPSA) is 77.4 Å². The van der Waals surface area contributed by atoms with Crippen LogP contribution in [0.1, 0.15) is 37.4 Å². The molecule has 1 atom stereocenters. The Balaban J connectivity index is 1.73. The molecule has 1 aliphatic rings. The highest BCUT2D eigenvalue weighted by Gasteiger charge is 2.36. The second-order valence-corrected chi connectivity index (χ2v) is 10.5. The first-order chi connectivity index (χ1) is 13.1. The Labute approximate surface area is 167 Å². The van der Waals surface area contributed by atoms with Crippen LogP contribution in [-0.4, -0.2) is 18.6 Å². The Kier molecular flexibility index (Phi) is 4.41. The van der Waals surface area contributed by atoms with Gasteiger partial charge < -0.3 is 9.30 Å². The maximum absolute atomic E-state index is 13.1. The van der Waals surface area contributed by atoms with Gasteiger partial charge in [0.15, 0.2) is 0 Å². The maximum Gasteiger partial charge on any atom is 0.307 e. The number of sulfonamides is 1. The zero-order valence-electron chi connectivity index (χ0n) is 16.1. The summed E-state index contributed by atoms with van der Waals surface area (Å²) in [6, 6.07) is 10.2. The molecule has 4 rings (SSSR count). The van der Waals surface area contributed by atoms with E-state index in [9.17, 15) is 13.2 Å². The number of aryl methyl sites for hydroxylation is 2. The first-order valence-corrected chi connectivity index (χ1v) is 11.3. The van der Waals surface area contributed by atoms with Gasteiger partial charge in [-0.3, -0.25) is 4.79 Å². The average molecular weight is 419 g/mol. The first kappa shape index (κ1) is 19.2. The lowest BCUT2D eigenvalue weighted by molar-refractivity contribution is 0.0701. The number of aromatic nitrogens is 1. The Morgan fingerprint density at radius 1 is 1.21 bits per heavy atom. The second kappa shape index (κ2) is 6.43. The molecular formula is C20H22N2O4S2. The molecule has 2 heterocycles. The standard InChI is InChI=1S/C20H22N2O4S2/c1-12-5-7-14-15(11-20(2,3)26-17(14)9-12)21-28(24,25)13-6-8-16-18(10-13)27-19(23)22(16)4/h5-10,15,21H,11H2,1-4H3/t15-/m1/s1. The summed E-state index contributed by atoms with van der Waals surface area (Å²) in [7, 11) is -2.09. The van der Waals surface area contributed by atoms with Crippen molar-refractivity contribution >= 4 is 31.6 Å². The van der Waals surface area contributed by atoms with Gasteiger partial charge in [0.25, 0.3) is 0 Å². The van der Waals surface area contributed by atoms with E-state index in [4.69, 9.17) is 4.74 Å². The van der Waals surface area contributed by atoms with E-state index >= 15 is 0 Å². The lowest BCUT2D eigenvalue weighted by Gasteiger charge is -2.38. The van der Waals surface area contributed by atoms with Crippen LogP contribution in [0.15, 0.2) is 46.1 Å². The van der Waals surface area contributed by atoms with Gasteiger partial charge in [0.1, 0.15) is 11.4 Å². The molecule has 28 heavy (non-hydrogen) atoms. The zero-order chi connectivity index (χ0) is 20.3. The molecular weight excluding hydrogens is 396 g/mol. The summed E-state index contributed by atoms with van der Waals surface area (Å²) in [4.78, 5) is 11.9. The summed E-state index contributed by atoms with van der Waals surface area (Å²) in [6.07, 6.45) is 0.517. The van der Waals surface area contributed by atoms with Gasteiger partial charge in [-0.2, -0.15) is 0 Å². The minimum atomic E-state index is -3.77. The third-order valence-electron chi connectivity index (χ3n) is 5.00. The van der Waals surface area contributed by atoms with Crippen molar-refractivity contribution in [3.05, 3.63) is 57.2 Å². The van der Waals surface area contributed by atoms with Crippen LogP contribution >= 0.6 is 11.3 Å². The second-order valence-electron chi connectivity index (χ2n) is 7.84. The van der Waals surface area contributed by atoms with Crippen LogP contribution in [0.3, 0.4) is 0 Å². The highest BCUT2D eigenvalue weighted by molar-refractivity contribution is 7.89. The number of benzene rings is 2. The van der Waals surface area contributed by atoms with Crippen molar-refractivity contribution in [1.29, 1.82) is 0 Å². The summed E-state index contributed by atoms with van der Waals surface area (Å²) in [5, 5.41) is 0. The van der Waals surface area contributed by atoms with Gasteiger partial charge in [-0.15, -0.1) is 0 Å². The van der Waals surface area contributed by atoms with Crippen LogP contribution in [0, 0.1) is 6.92 Å². The minimum absolute atomic E-state index is 0.118. The van der Waals surface area contributed by atoms with Crippen LogP contribution in [0.4, 0.5) is 0 Å². The Morgan fingerprint density at radius 2 is 1.96 bits per heavy atom. The number of nitrogens with zero attached hydrogens (tertiary/aromatic N) is 1. The molecule has 0 spiro atoms. The zero-order valence-corrected chi connectivity index (χ0v) is 17.8. The molecule has 0 saturated carbocycles. The number of hydrogen-bond donors (Lipinski definition) is 1. The molecule has 0 aliphatic carbocycles. The SMILES string of the molecule is Cc1ccc2c(c1)OC(C)(C)C[C@H]2NS(=O)(=O)c1ccc2c(c1)sc(=O)n2C. The van der Waals surface area contributed by atoms with Crippen LogP contribution in [-0.2, 0) is 17.1 Å². The van der Waals surface area contributed by atoms with E-state index in [-0.39, 0.29) is 9.77 Å². The largest absolute Gasteiger partial charge is 0.487 e. The molecule has 1 aliphatic heterocycles. The van der Waals surface area contributed by atoms with Crippen molar-refractivity contribution in [1.82, 2.24) is 9.29 Å². The van der Waals surface area contributed by atoms with Gasteiger partial charge >= 0.3 is 4.87 Å². The molecule has 0 saturated heterocycles. The van der Waals surface area contributed by atoms with Crippen LogP contribution < -0.4 is 14.3 Å². The average Bonchev–Trinajstić information content (AvgIpc) is 2.87. The molecule has 2 aromatic carbocycles. The molecule has 0 bridgehead atoms. The first-order valence-electron chi connectivity index (χ1n) is 8.97. The van der Waals surface area contributed by atoms with Crippen molar-refractivity contribution in [3.63, 3.8) is 0 Å². The number of hydrogen-bond acceptors (Lipinski definition) is 5. The van der Waals surface area contributed by atoms with E-state index in [2.05, 4.69) is 4.72 Å². The molecule has 8 heteroatoms. The fourth-order valence-corrected chi connectivity index (χ4v) is 5.84. The fraction of sp³-hybridized carbons (Fsp3) is 0.350. The molecule has 0 radical (unpaired) electrons. The van der Waals surface area contributed by atoms with Gasteiger partial charge in [-0.05, 0) is 50.6 Å². The Hall–Kier alpha value is -2.16. The fourth-order valence-electron chi connectivity index (χ4n) is 3.60. The van der Waals surface area contributed by atoms with E-state index in [1.165, 1.54) is 10.6 Å². The van der Waals surface area contributed by atoms with Crippen LogP contribution in [0.25, 0.3) is 10.2 Å². The summed E-state index contributed by atoms with van der Waals surface area (Å²) in [5.74, 6) is 0.709. The smallest absolute Gasteiger partial charge is 0.307 e. The molecule has 148 valence electrons. The molecule has 3 aromatic rings. The Morgan fingerprint density at radius 3 is 2.71 bits per heavy atom. The van der Waals surface area contributed by atoms with Crippen molar-refractivity contribution < 1.29 is 13.2 Å². The quantitative estimate of drug-likeness (QED) is 0.706. The molecule has 0 amide bonds. The number of thiazole rings is 1. The monoisotopic (exact) mass is 418 g/mol. The van der Waals surface area contributed by atoms with Crippen molar-refractivity contribution in [3.8, 4) is 5.75 Å². The van der Waals surface area contributed by atoms with E-state index < -0.39 is 21.7 Å². The van der Waals surface area contributed by atoms with Gasteiger partial charge in [0.2, 0.25) is 10.0 Å². The molecule has 1 aromatic heterocycles. The summed E-state index contributed by atoms with van der Waals surface area (Å²) < 4.78 is 37.2. The third-order valence-corrected chi connectivity index (χ3v) is 7.46. The maximum atomic E-state index is 13.1. The van der Waals surface area contributed by atoms with E-state index in [1.54, 1.807) is 19.2 Å². The summed E-state index contributed by atoms with van der Waals surface area (Å²) >= 11 is 1.04.